The number of esters is 1. The number of amides is 1. The van der Waals surface area contributed by atoms with E-state index in [9.17, 15) is 9.59 Å². The van der Waals surface area contributed by atoms with Crippen molar-refractivity contribution in [2.45, 2.75) is 0 Å². The summed E-state index contributed by atoms with van der Waals surface area (Å²) in [5.74, 6) is -0.623. The molecule has 1 aromatic rings. The molecular formula is C8H9NO3S2. The quantitative estimate of drug-likeness (QED) is 0.611. The van der Waals surface area contributed by atoms with Gasteiger partial charge >= 0.3 is 5.97 Å². The molecule has 0 aliphatic heterocycles. The third-order valence-corrected chi connectivity index (χ3v) is 2.64. The van der Waals surface area contributed by atoms with Gasteiger partial charge in [0, 0.05) is 0 Å². The van der Waals surface area contributed by atoms with E-state index in [0.717, 1.165) is 0 Å². The highest BCUT2D eigenvalue weighted by Gasteiger charge is 2.14. The first-order chi connectivity index (χ1) is 6.69. The van der Waals surface area contributed by atoms with E-state index in [1.807, 2.05) is 0 Å². The Kier molecular flexibility index (Phi) is 3.97. The topological polar surface area (TPSA) is 55.4 Å². The number of hydrogen-bond donors (Lipinski definition) is 2. The van der Waals surface area contributed by atoms with Crippen LogP contribution in [0, 0.1) is 0 Å². The van der Waals surface area contributed by atoms with Crippen LogP contribution in [0.25, 0.3) is 0 Å². The summed E-state index contributed by atoms with van der Waals surface area (Å²) >= 11 is 5.03. The van der Waals surface area contributed by atoms with Crippen molar-refractivity contribution in [3.63, 3.8) is 0 Å². The molecule has 0 aliphatic rings. The minimum Gasteiger partial charge on any atom is -0.465 e. The van der Waals surface area contributed by atoms with E-state index >= 15 is 0 Å². The number of nitrogens with one attached hydrogen (secondary N) is 1. The molecule has 0 bridgehead atoms. The van der Waals surface area contributed by atoms with Crippen molar-refractivity contribution in [1.29, 1.82) is 0 Å². The fourth-order valence-electron chi connectivity index (χ4n) is 0.848. The Bertz CT molecular complexity index is 348. The molecule has 1 rings (SSSR count). The average molecular weight is 231 g/mol. The van der Waals surface area contributed by atoms with Gasteiger partial charge in [-0.05, 0) is 11.4 Å². The maximum absolute atomic E-state index is 11.2. The number of rotatable bonds is 3. The number of methoxy groups -OCH3 is 1. The van der Waals surface area contributed by atoms with Gasteiger partial charge in [0.1, 0.15) is 4.88 Å². The van der Waals surface area contributed by atoms with Crippen LogP contribution in [0.4, 0.5) is 5.69 Å². The van der Waals surface area contributed by atoms with Crippen LogP contribution in [-0.4, -0.2) is 24.7 Å². The maximum atomic E-state index is 11.2. The van der Waals surface area contributed by atoms with Gasteiger partial charge in [-0.3, -0.25) is 4.79 Å². The molecule has 4 nitrogen and oxygen atoms in total. The second-order valence-electron chi connectivity index (χ2n) is 2.36. The Hall–Kier alpha value is -1.01. The third-order valence-electron chi connectivity index (χ3n) is 1.45. The second-order valence-corrected chi connectivity index (χ2v) is 3.59. The fraction of sp³-hybridized carbons (Fsp3) is 0.250. The lowest BCUT2D eigenvalue weighted by Crippen LogP contribution is -2.14. The highest BCUT2D eigenvalue weighted by Crippen LogP contribution is 2.22. The van der Waals surface area contributed by atoms with Gasteiger partial charge in [0.25, 0.3) is 0 Å². The van der Waals surface area contributed by atoms with E-state index in [-0.39, 0.29) is 11.7 Å². The zero-order valence-electron chi connectivity index (χ0n) is 7.44. The Morgan fingerprint density at radius 1 is 1.64 bits per heavy atom. The van der Waals surface area contributed by atoms with Crippen molar-refractivity contribution in [2.24, 2.45) is 0 Å². The van der Waals surface area contributed by atoms with E-state index < -0.39 is 5.97 Å². The maximum Gasteiger partial charge on any atom is 0.350 e. The van der Waals surface area contributed by atoms with Gasteiger partial charge in [-0.2, -0.15) is 12.6 Å². The first kappa shape index (κ1) is 11.1. The smallest absolute Gasteiger partial charge is 0.350 e. The highest BCUT2D eigenvalue weighted by molar-refractivity contribution is 7.81. The van der Waals surface area contributed by atoms with Crippen LogP contribution in [0.1, 0.15) is 9.67 Å². The average Bonchev–Trinajstić information content (AvgIpc) is 2.64. The molecule has 0 saturated heterocycles. The standard InChI is InChI=1S/C8H9NO3S2/c1-12-8(11)7-5(2-3-14-7)9-6(10)4-13/h2-3,13H,4H2,1H3,(H,9,10). The number of carbonyl (C=O) groups excluding carboxylic acids is 2. The number of thiol groups is 1. The summed E-state index contributed by atoms with van der Waals surface area (Å²) in [7, 11) is 1.30. The lowest BCUT2D eigenvalue weighted by molar-refractivity contribution is -0.113. The molecule has 0 radical (unpaired) electrons. The van der Waals surface area contributed by atoms with Gasteiger partial charge in [-0.25, -0.2) is 4.79 Å². The summed E-state index contributed by atoms with van der Waals surface area (Å²) in [6, 6.07) is 1.65. The van der Waals surface area contributed by atoms with Crippen LogP contribution in [0.15, 0.2) is 11.4 Å². The van der Waals surface area contributed by atoms with Crippen molar-refractivity contribution < 1.29 is 14.3 Å². The molecule has 0 fully saturated rings. The molecule has 0 spiro atoms. The lowest BCUT2D eigenvalue weighted by Gasteiger charge is -2.02. The summed E-state index contributed by atoms with van der Waals surface area (Å²) in [6.45, 7) is 0. The first-order valence-electron chi connectivity index (χ1n) is 3.75. The van der Waals surface area contributed by atoms with Crippen molar-refractivity contribution in [1.82, 2.24) is 0 Å². The van der Waals surface area contributed by atoms with E-state index in [0.29, 0.717) is 10.6 Å². The van der Waals surface area contributed by atoms with Crippen LogP contribution in [-0.2, 0) is 9.53 Å². The monoisotopic (exact) mass is 231 g/mol. The Morgan fingerprint density at radius 3 is 2.93 bits per heavy atom. The first-order valence-corrected chi connectivity index (χ1v) is 5.26. The van der Waals surface area contributed by atoms with Gasteiger partial charge in [-0.15, -0.1) is 11.3 Å². The van der Waals surface area contributed by atoms with E-state index in [1.165, 1.54) is 18.4 Å². The molecule has 1 amide bonds. The summed E-state index contributed by atoms with van der Waals surface area (Å²) < 4.78 is 4.55. The van der Waals surface area contributed by atoms with Gasteiger partial charge in [0.05, 0.1) is 18.6 Å². The number of carbonyl (C=O) groups is 2. The second kappa shape index (κ2) is 5.02. The van der Waals surface area contributed by atoms with Crippen LogP contribution < -0.4 is 5.32 Å². The predicted molar refractivity (Wildman–Crippen MR) is 58.1 cm³/mol. The zero-order chi connectivity index (χ0) is 10.6. The molecule has 0 atom stereocenters. The number of hydrogen-bond acceptors (Lipinski definition) is 5. The minimum atomic E-state index is -0.450. The molecule has 76 valence electrons. The van der Waals surface area contributed by atoms with Crippen molar-refractivity contribution in [3.8, 4) is 0 Å². The van der Waals surface area contributed by atoms with Gasteiger partial charge in [0.2, 0.25) is 5.91 Å². The summed E-state index contributed by atoms with van der Waals surface area (Å²) in [5.41, 5.74) is 0.473. The predicted octanol–water partition coefficient (Wildman–Crippen LogP) is 1.40. The summed E-state index contributed by atoms with van der Waals surface area (Å²) in [5, 5.41) is 4.26. The van der Waals surface area contributed by atoms with Crippen LogP contribution in [0.2, 0.25) is 0 Å². The number of ether oxygens (including phenoxy) is 1. The molecule has 14 heavy (non-hydrogen) atoms. The SMILES string of the molecule is COC(=O)c1sccc1NC(=O)CS. The fourth-order valence-corrected chi connectivity index (χ4v) is 1.69. The van der Waals surface area contributed by atoms with Crippen molar-refractivity contribution in [2.75, 3.05) is 18.2 Å². The van der Waals surface area contributed by atoms with Crippen LogP contribution in [0.3, 0.4) is 0 Å². The number of thiophene rings is 1. The Balaban J connectivity index is 2.82. The summed E-state index contributed by atoms with van der Waals surface area (Å²) in [6.07, 6.45) is 0. The minimum absolute atomic E-state index is 0.0798. The Labute approximate surface area is 90.7 Å². The van der Waals surface area contributed by atoms with Crippen molar-refractivity contribution >= 4 is 41.5 Å². The summed E-state index contributed by atoms with van der Waals surface area (Å²) in [4.78, 5) is 22.6. The largest absolute Gasteiger partial charge is 0.465 e. The lowest BCUT2D eigenvalue weighted by atomic mass is 10.4. The molecular weight excluding hydrogens is 222 g/mol. The molecule has 6 heteroatoms. The highest BCUT2D eigenvalue weighted by atomic mass is 32.1. The van der Waals surface area contributed by atoms with E-state index in [1.54, 1.807) is 11.4 Å². The molecule has 0 saturated carbocycles. The third kappa shape index (κ3) is 2.49. The van der Waals surface area contributed by atoms with E-state index in [4.69, 9.17) is 0 Å². The molecule has 0 aromatic carbocycles. The molecule has 1 aromatic heterocycles. The van der Waals surface area contributed by atoms with Crippen molar-refractivity contribution in [3.05, 3.63) is 16.3 Å². The van der Waals surface area contributed by atoms with Crippen LogP contribution >= 0.6 is 24.0 Å². The Morgan fingerprint density at radius 2 is 2.36 bits per heavy atom. The molecule has 0 aliphatic carbocycles. The molecule has 1 heterocycles. The van der Waals surface area contributed by atoms with Crippen LogP contribution in [0.5, 0.6) is 0 Å². The zero-order valence-corrected chi connectivity index (χ0v) is 9.15. The van der Waals surface area contributed by atoms with E-state index in [2.05, 4.69) is 22.7 Å². The number of anilines is 1. The van der Waals surface area contributed by atoms with Gasteiger partial charge in [0.15, 0.2) is 0 Å². The molecule has 0 unspecified atom stereocenters. The molecule has 1 N–H and O–H groups in total. The van der Waals surface area contributed by atoms with Gasteiger partial charge in [-0.1, -0.05) is 0 Å². The normalized spacial score (nSPS) is 9.57. The van der Waals surface area contributed by atoms with Gasteiger partial charge < -0.3 is 10.1 Å².